The van der Waals surface area contributed by atoms with Gasteiger partial charge < -0.3 is 9.64 Å². The van der Waals surface area contributed by atoms with Crippen molar-refractivity contribution in [2.24, 2.45) is 5.41 Å². The van der Waals surface area contributed by atoms with E-state index >= 15 is 4.39 Å². The fourth-order valence-electron chi connectivity index (χ4n) is 5.00. The molecule has 1 saturated heterocycles. The molecule has 0 unspecified atom stereocenters. The van der Waals surface area contributed by atoms with Crippen LogP contribution in [-0.4, -0.2) is 53.5 Å². The number of likely N-dealkylation sites (tertiary alicyclic amines) is 1. The van der Waals surface area contributed by atoms with Crippen molar-refractivity contribution in [3.8, 4) is 5.75 Å². The van der Waals surface area contributed by atoms with Crippen molar-refractivity contribution in [3.63, 3.8) is 0 Å². The Labute approximate surface area is 232 Å². The lowest BCUT2D eigenvalue weighted by atomic mass is 9.73. The van der Waals surface area contributed by atoms with Crippen LogP contribution in [0.25, 0.3) is 10.9 Å². The van der Waals surface area contributed by atoms with Gasteiger partial charge in [-0.2, -0.15) is 0 Å². The number of nitrogens with one attached hydrogen (secondary N) is 1. The SMILES string of the molecule is COc1ccc2ncc(Cl)c([C@H](F)CCC3(C(=O)NO)CCN(CCSc4cc(F)cc(F)c4F)CC3)c2c1. The van der Waals surface area contributed by atoms with Gasteiger partial charge in [-0.05, 0) is 63.0 Å². The molecular formula is C27H28ClF4N3O3S. The molecular weight excluding hydrogens is 558 g/mol. The zero-order valence-corrected chi connectivity index (χ0v) is 22.7. The van der Waals surface area contributed by atoms with Crippen LogP contribution in [0.2, 0.25) is 5.02 Å². The number of methoxy groups -OCH3 is 1. The number of ether oxygens (including phenoxy) is 1. The van der Waals surface area contributed by atoms with Gasteiger partial charge in [0.05, 0.1) is 23.1 Å². The molecule has 2 heterocycles. The van der Waals surface area contributed by atoms with Crippen LogP contribution >= 0.6 is 23.4 Å². The van der Waals surface area contributed by atoms with Gasteiger partial charge in [-0.1, -0.05) is 11.6 Å². The molecule has 0 spiro atoms. The molecule has 1 atom stereocenters. The highest BCUT2D eigenvalue weighted by Crippen LogP contribution is 2.42. The van der Waals surface area contributed by atoms with Crippen LogP contribution in [0, 0.1) is 22.9 Å². The molecule has 6 nitrogen and oxygen atoms in total. The van der Waals surface area contributed by atoms with E-state index in [9.17, 15) is 23.2 Å². The van der Waals surface area contributed by atoms with E-state index in [1.54, 1.807) is 23.7 Å². The lowest BCUT2D eigenvalue weighted by molar-refractivity contribution is -0.143. The van der Waals surface area contributed by atoms with E-state index in [1.807, 2.05) is 4.90 Å². The summed E-state index contributed by atoms with van der Waals surface area (Å²) in [5.41, 5.74) is 1.59. The average molecular weight is 586 g/mol. The summed E-state index contributed by atoms with van der Waals surface area (Å²) < 4.78 is 61.7. The molecule has 0 radical (unpaired) electrons. The number of hydroxylamine groups is 1. The first kappa shape index (κ1) is 29.4. The average Bonchev–Trinajstić information content (AvgIpc) is 2.94. The van der Waals surface area contributed by atoms with Crippen molar-refractivity contribution in [1.29, 1.82) is 0 Å². The molecule has 1 aliphatic heterocycles. The summed E-state index contributed by atoms with van der Waals surface area (Å²) >= 11 is 7.35. The number of fused-ring (bicyclic) bond motifs is 1. The number of halogens is 5. The minimum atomic E-state index is -1.49. The highest BCUT2D eigenvalue weighted by molar-refractivity contribution is 7.99. The van der Waals surface area contributed by atoms with Gasteiger partial charge in [0.2, 0.25) is 5.91 Å². The third kappa shape index (κ3) is 6.59. The lowest BCUT2D eigenvalue weighted by Gasteiger charge is -2.40. The van der Waals surface area contributed by atoms with Crippen LogP contribution in [0.15, 0.2) is 41.4 Å². The summed E-state index contributed by atoms with van der Waals surface area (Å²) in [6.45, 7) is 1.44. The van der Waals surface area contributed by atoms with Crippen LogP contribution in [0.4, 0.5) is 17.6 Å². The standard InChI is InChI=1S/C27H28ClF4N3O3S/c1-38-17-2-3-22-18(14-17)24(19(28)15-33-22)20(30)4-5-27(26(36)34-37)6-8-35(9-7-27)10-11-39-23-13-16(29)12-21(31)25(23)32/h2-3,12-15,20,37H,4-11H2,1H3,(H,34,36)/t20-/m1/s1. The van der Waals surface area contributed by atoms with Gasteiger partial charge in [0.1, 0.15) is 17.7 Å². The number of aromatic nitrogens is 1. The Balaban J connectivity index is 1.40. The van der Waals surface area contributed by atoms with Crippen LogP contribution in [0.1, 0.15) is 37.4 Å². The summed E-state index contributed by atoms with van der Waals surface area (Å²) in [5.74, 6) is -2.83. The third-order valence-electron chi connectivity index (χ3n) is 7.28. The topological polar surface area (TPSA) is 74.7 Å². The number of amides is 1. The maximum absolute atomic E-state index is 15.7. The van der Waals surface area contributed by atoms with E-state index < -0.39 is 34.9 Å². The summed E-state index contributed by atoms with van der Waals surface area (Å²) in [7, 11) is 1.51. The van der Waals surface area contributed by atoms with Crippen LogP contribution in [0.5, 0.6) is 5.75 Å². The molecule has 0 aliphatic carbocycles. The summed E-state index contributed by atoms with van der Waals surface area (Å²) in [6.07, 6.45) is 0.783. The molecule has 1 aliphatic rings. The van der Waals surface area contributed by atoms with E-state index in [4.69, 9.17) is 16.3 Å². The monoisotopic (exact) mass is 585 g/mol. The number of carbonyl (C=O) groups is 1. The Morgan fingerprint density at radius 2 is 2.00 bits per heavy atom. The van der Waals surface area contributed by atoms with Crippen LogP contribution in [0.3, 0.4) is 0 Å². The summed E-state index contributed by atoms with van der Waals surface area (Å²) in [4.78, 5) is 18.9. The first-order valence-corrected chi connectivity index (χ1v) is 13.7. The Bertz CT molecular complexity index is 1340. The van der Waals surface area contributed by atoms with E-state index in [-0.39, 0.29) is 28.3 Å². The Morgan fingerprint density at radius 3 is 2.69 bits per heavy atom. The molecule has 1 fully saturated rings. The van der Waals surface area contributed by atoms with Crippen molar-refractivity contribution < 1.29 is 32.3 Å². The van der Waals surface area contributed by atoms with Gasteiger partial charge >= 0.3 is 0 Å². The fraction of sp³-hybridized carbons (Fsp3) is 0.407. The number of alkyl halides is 1. The van der Waals surface area contributed by atoms with Gasteiger partial charge in [0, 0.05) is 40.4 Å². The zero-order valence-electron chi connectivity index (χ0n) is 21.2. The smallest absolute Gasteiger partial charge is 0.249 e. The third-order valence-corrected chi connectivity index (χ3v) is 8.57. The number of hydrogen-bond acceptors (Lipinski definition) is 6. The lowest BCUT2D eigenvalue weighted by Crippen LogP contribution is -2.48. The number of piperidine rings is 1. The summed E-state index contributed by atoms with van der Waals surface area (Å²) in [5, 5.41) is 10.1. The number of rotatable bonds is 10. The normalized spacial score (nSPS) is 16.3. The van der Waals surface area contributed by atoms with E-state index in [1.165, 1.54) is 13.3 Å². The van der Waals surface area contributed by atoms with Crippen molar-refractivity contribution in [1.82, 2.24) is 15.4 Å². The molecule has 2 aromatic carbocycles. The first-order chi connectivity index (χ1) is 18.7. The zero-order chi connectivity index (χ0) is 28.2. The van der Waals surface area contributed by atoms with E-state index in [2.05, 4.69) is 4.98 Å². The molecule has 1 aromatic heterocycles. The summed E-state index contributed by atoms with van der Waals surface area (Å²) in [6, 6.07) is 6.57. The number of carbonyl (C=O) groups excluding carboxylic acids is 1. The maximum atomic E-state index is 15.7. The highest BCUT2D eigenvalue weighted by atomic mass is 35.5. The molecule has 210 valence electrons. The van der Waals surface area contributed by atoms with Crippen molar-refractivity contribution in [2.45, 2.75) is 36.8 Å². The fourth-order valence-corrected chi connectivity index (χ4v) is 6.26. The number of nitrogens with zero attached hydrogens (tertiary/aromatic N) is 2. The largest absolute Gasteiger partial charge is 0.497 e. The number of thioether (sulfide) groups is 1. The molecule has 0 saturated carbocycles. The molecule has 2 N–H and O–H groups in total. The van der Waals surface area contributed by atoms with Gasteiger partial charge in [0.25, 0.3) is 0 Å². The molecule has 12 heteroatoms. The number of hydrogen-bond donors (Lipinski definition) is 2. The number of benzene rings is 2. The van der Waals surface area contributed by atoms with Crippen LogP contribution < -0.4 is 10.2 Å². The van der Waals surface area contributed by atoms with E-state index in [0.717, 1.165) is 17.8 Å². The minimum absolute atomic E-state index is 0.0102. The van der Waals surface area contributed by atoms with Crippen molar-refractivity contribution >= 4 is 40.2 Å². The maximum Gasteiger partial charge on any atom is 0.249 e. The van der Waals surface area contributed by atoms with Gasteiger partial charge in [-0.3, -0.25) is 15.0 Å². The van der Waals surface area contributed by atoms with E-state index in [0.29, 0.717) is 60.9 Å². The van der Waals surface area contributed by atoms with Crippen molar-refractivity contribution in [2.75, 3.05) is 32.5 Å². The van der Waals surface area contributed by atoms with Gasteiger partial charge in [-0.25, -0.2) is 23.0 Å². The van der Waals surface area contributed by atoms with Gasteiger partial charge in [-0.15, -0.1) is 11.8 Å². The molecule has 1 amide bonds. The number of pyridine rings is 1. The predicted molar refractivity (Wildman–Crippen MR) is 141 cm³/mol. The second-order valence-corrected chi connectivity index (χ2v) is 11.1. The Kier molecular flexibility index (Phi) is 9.58. The second kappa shape index (κ2) is 12.7. The molecule has 39 heavy (non-hydrogen) atoms. The van der Waals surface area contributed by atoms with Crippen molar-refractivity contribution in [3.05, 3.63) is 64.6 Å². The quantitative estimate of drug-likeness (QED) is 0.0932. The molecule has 3 aromatic rings. The first-order valence-electron chi connectivity index (χ1n) is 12.4. The Hall–Kier alpha value is -2.60. The minimum Gasteiger partial charge on any atom is -0.497 e. The second-order valence-electron chi connectivity index (χ2n) is 9.52. The van der Waals surface area contributed by atoms with Gasteiger partial charge in [0.15, 0.2) is 11.6 Å². The Morgan fingerprint density at radius 1 is 1.26 bits per heavy atom. The highest BCUT2D eigenvalue weighted by Gasteiger charge is 2.41. The molecule has 4 rings (SSSR count). The molecule has 0 bridgehead atoms. The van der Waals surface area contributed by atoms with Crippen LogP contribution in [-0.2, 0) is 4.79 Å². The predicted octanol–water partition coefficient (Wildman–Crippen LogP) is 6.48.